The number of nitrogens with zero attached hydrogens (tertiary/aromatic N) is 3. The van der Waals surface area contributed by atoms with Crippen molar-refractivity contribution in [2.75, 3.05) is 20.3 Å². The molecule has 0 aliphatic rings. The highest BCUT2D eigenvalue weighted by molar-refractivity contribution is 5.84. The van der Waals surface area contributed by atoms with Gasteiger partial charge in [-0.15, -0.1) is 0 Å². The molecular weight excluding hydrogens is 420 g/mol. The van der Waals surface area contributed by atoms with Crippen LogP contribution in [0.1, 0.15) is 25.2 Å². The minimum atomic E-state index is -0.00304. The number of pyridine rings is 1. The third kappa shape index (κ3) is 6.06. The number of rotatable bonds is 11. The molecule has 4 rings (SSSR count). The van der Waals surface area contributed by atoms with E-state index in [1.165, 1.54) is 0 Å². The number of amides is 1. The molecule has 0 fully saturated rings. The van der Waals surface area contributed by atoms with Crippen LogP contribution in [0.25, 0.3) is 22.3 Å². The molecule has 0 aliphatic heterocycles. The second kappa shape index (κ2) is 11.1. The monoisotopic (exact) mass is 446 g/mol. The van der Waals surface area contributed by atoms with E-state index in [0.29, 0.717) is 50.6 Å². The Hall–Kier alpha value is -3.94. The molecule has 0 atom stereocenters. The van der Waals surface area contributed by atoms with Crippen LogP contribution in [0.5, 0.6) is 11.5 Å². The molecule has 33 heavy (non-hydrogen) atoms. The Kier molecular flexibility index (Phi) is 7.48. The second-order valence-electron chi connectivity index (χ2n) is 7.48. The van der Waals surface area contributed by atoms with Crippen LogP contribution in [0.4, 0.5) is 0 Å². The van der Waals surface area contributed by atoms with Crippen LogP contribution in [0.2, 0.25) is 0 Å². The predicted molar refractivity (Wildman–Crippen MR) is 124 cm³/mol. The molecule has 0 bridgehead atoms. The van der Waals surface area contributed by atoms with Gasteiger partial charge in [0.2, 0.25) is 17.6 Å². The molecule has 1 N–H and O–H groups in total. The van der Waals surface area contributed by atoms with Crippen LogP contribution in [0, 0.1) is 0 Å². The quantitative estimate of drug-likeness (QED) is 0.345. The van der Waals surface area contributed by atoms with Crippen LogP contribution in [-0.2, 0) is 11.2 Å². The van der Waals surface area contributed by atoms with Gasteiger partial charge >= 0.3 is 0 Å². The van der Waals surface area contributed by atoms with Crippen molar-refractivity contribution in [1.29, 1.82) is 0 Å². The molecule has 8 heteroatoms. The molecule has 2 aromatic carbocycles. The van der Waals surface area contributed by atoms with E-state index >= 15 is 0 Å². The van der Waals surface area contributed by atoms with Gasteiger partial charge in [0.15, 0.2) is 0 Å². The van der Waals surface area contributed by atoms with Crippen molar-refractivity contribution in [2.45, 2.75) is 25.7 Å². The molecule has 8 nitrogen and oxygen atoms in total. The highest BCUT2D eigenvalue weighted by Gasteiger charge is 2.10. The number of hydrogen-bond acceptors (Lipinski definition) is 7. The summed E-state index contributed by atoms with van der Waals surface area (Å²) in [7, 11) is 1.62. The van der Waals surface area contributed by atoms with Crippen LogP contribution in [0.15, 0.2) is 65.3 Å². The number of methoxy groups -OCH3 is 1. The van der Waals surface area contributed by atoms with E-state index in [9.17, 15) is 4.79 Å². The SMILES string of the molecule is COc1ccc(-c2noc(CCCC(=O)NCCCOc3cccc4cccnc34)n2)cc1. The fourth-order valence-corrected chi connectivity index (χ4v) is 3.38. The number of carbonyl (C=O) groups is 1. The van der Waals surface area contributed by atoms with Gasteiger partial charge in [0.1, 0.15) is 17.0 Å². The van der Waals surface area contributed by atoms with Crippen molar-refractivity contribution in [3.63, 3.8) is 0 Å². The van der Waals surface area contributed by atoms with Crippen molar-refractivity contribution >= 4 is 16.8 Å². The van der Waals surface area contributed by atoms with Crippen LogP contribution in [-0.4, -0.2) is 41.3 Å². The van der Waals surface area contributed by atoms with Crippen LogP contribution in [0.3, 0.4) is 0 Å². The maximum atomic E-state index is 12.1. The minimum Gasteiger partial charge on any atom is -0.497 e. The second-order valence-corrected chi connectivity index (χ2v) is 7.48. The van der Waals surface area contributed by atoms with E-state index < -0.39 is 0 Å². The molecule has 0 spiro atoms. The molecule has 170 valence electrons. The minimum absolute atomic E-state index is 0.00304. The summed E-state index contributed by atoms with van der Waals surface area (Å²) < 4.78 is 16.3. The summed E-state index contributed by atoms with van der Waals surface area (Å²) in [6.45, 7) is 1.06. The Labute approximate surface area is 191 Å². The first-order valence-electron chi connectivity index (χ1n) is 10.9. The van der Waals surface area contributed by atoms with Gasteiger partial charge in [-0.25, -0.2) is 0 Å². The number of aromatic nitrogens is 3. The third-order valence-corrected chi connectivity index (χ3v) is 5.11. The van der Waals surface area contributed by atoms with E-state index in [2.05, 4.69) is 20.4 Å². The first-order chi connectivity index (χ1) is 16.2. The molecule has 2 heterocycles. The summed E-state index contributed by atoms with van der Waals surface area (Å²) in [6.07, 6.45) is 4.05. The molecule has 4 aromatic rings. The summed E-state index contributed by atoms with van der Waals surface area (Å²) in [5, 5.41) is 7.97. The van der Waals surface area contributed by atoms with Crippen molar-refractivity contribution in [3.05, 3.63) is 66.7 Å². The first kappa shape index (κ1) is 22.3. The maximum absolute atomic E-state index is 12.1. The predicted octanol–water partition coefficient (Wildman–Crippen LogP) is 4.20. The summed E-state index contributed by atoms with van der Waals surface area (Å²) in [5.74, 6) is 2.57. The Morgan fingerprint density at radius 3 is 2.76 bits per heavy atom. The maximum Gasteiger partial charge on any atom is 0.226 e. The van der Waals surface area contributed by atoms with Crippen LogP contribution < -0.4 is 14.8 Å². The topological polar surface area (TPSA) is 99.4 Å². The largest absolute Gasteiger partial charge is 0.497 e. The molecule has 0 radical (unpaired) electrons. The van der Waals surface area contributed by atoms with Gasteiger partial charge in [0.25, 0.3) is 0 Å². The van der Waals surface area contributed by atoms with E-state index in [4.69, 9.17) is 14.0 Å². The number of benzene rings is 2. The number of carbonyl (C=O) groups excluding carboxylic acids is 1. The lowest BCUT2D eigenvalue weighted by Crippen LogP contribution is -2.25. The Morgan fingerprint density at radius 2 is 1.91 bits per heavy atom. The lowest BCUT2D eigenvalue weighted by molar-refractivity contribution is -0.121. The fourth-order valence-electron chi connectivity index (χ4n) is 3.38. The first-order valence-corrected chi connectivity index (χ1v) is 10.9. The number of para-hydroxylation sites is 1. The normalized spacial score (nSPS) is 10.8. The summed E-state index contributed by atoms with van der Waals surface area (Å²) >= 11 is 0. The van der Waals surface area contributed by atoms with E-state index in [1.54, 1.807) is 13.3 Å². The van der Waals surface area contributed by atoms with Gasteiger partial charge in [-0.2, -0.15) is 4.98 Å². The van der Waals surface area contributed by atoms with Gasteiger partial charge in [-0.3, -0.25) is 9.78 Å². The van der Waals surface area contributed by atoms with E-state index in [1.807, 2.05) is 54.6 Å². The molecular formula is C25H26N4O4. The third-order valence-electron chi connectivity index (χ3n) is 5.11. The number of hydrogen-bond donors (Lipinski definition) is 1. The Bertz CT molecular complexity index is 1190. The molecule has 2 aromatic heterocycles. The van der Waals surface area contributed by atoms with E-state index in [-0.39, 0.29) is 5.91 Å². The molecule has 1 amide bonds. The zero-order valence-corrected chi connectivity index (χ0v) is 18.5. The van der Waals surface area contributed by atoms with Gasteiger partial charge in [0.05, 0.1) is 13.7 Å². The van der Waals surface area contributed by atoms with Gasteiger partial charge in [-0.1, -0.05) is 23.4 Å². The fraction of sp³-hybridized carbons (Fsp3) is 0.280. The molecule has 0 unspecified atom stereocenters. The summed E-state index contributed by atoms with van der Waals surface area (Å²) in [6, 6.07) is 17.2. The number of ether oxygens (including phenoxy) is 2. The Morgan fingerprint density at radius 1 is 1.06 bits per heavy atom. The zero-order chi connectivity index (χ0) is 22.9. The highest BCUT2D eigenvalue weighted by Crippen LogP contribution is 2.23. The molecule has 0 aliphatic carbocycles. The van der Waals surface area contributed by atoms with Gasteiger partial charge < -0.3 is 19.3 Å². The summed E-state index contributed by atoms with van der Waals surface area (Å²) in [5.41, 5.74) is 1.70. The Balaban J connectivity index is 1.13. The average Bonchev–Trinajstić information content (AvgIpc) is 3.33. The van der Waals surface area contributed by atoms with Gasteiger partial charge in [0, 0.05) is 36.5 Å². The lowest BCUT2D eigenvalue weighted by atomic mass is 10.2. The standard InChI is InChI=1S/C25H26N4O4/c1-31-20-13-11-19(12-14-20)25-28-23(33-29-25)10-3-9-22(30)26-16-5-17-32-21-8-2-6-18-7-4-15-27-24(18)21/h2,4,6-8,11-15H,3,5,9-10,16-17H2,1H3,(H,26,30). The van der Waals surface area contributed by atoms with Crippen molar-refractivity contribution in [2.24, 2.45) is 0 Å². The van der Waals surface area contributed by atoms with Crippen molar-refractivity contribution < 1.29 is 18.8 Å². The molecule has 0 saturated carbocycles. The summed E-state index contributed by atoms with van der Waals surface area (Å²) in [4.78, 5) is 20.9. The van der Waals surface area contributed by atoms with Crippen molar-refractivity contribution in [3.8, 4) is 22.9 Å². The lowest BCUT2D eigenvalue weighted by Gasteiger charge is -2.09. The zero-order valence-electron chi connectivity index (χ0n) is 18.5. The highest BCUT2D eigenvalue weighted by atomic mass is 16.5. The van der Waals surface area contributed by atoms with E-state index in [0.717, 1.165) is 28.0 Å². The smallest absolute Gasteiger partial charge is 0.226 e. The number of aryl methyl sites for hydroxylation is 1. The number of fused-ring (bicyclic) bond motifs is 1. The van der Waals surface area contributed by atoms with Crippen LogP contribution >= 0.6 is 0 Å². The van der Waals surface area contributed by atoms with Gasteiger partial charge in [-0.05, 0) is 49.2 Å². The average molecular weight is 447 g/mol. The number of nitrogens with one attached hydrogen (secondary N) is 1. The van der Waals surface area contributed by atoms with Crippen molar-refractivity contribution in [1.82, 2.24) is 20.4 Å². The molecule has 0 saturated heterocycles.